The van der Waals surface area contributed by atoms with Crippen molar-refractivity contribution in [2.45, 2.75) is 19.9 Å². The molecule has 2 rings (SSSR count). The van der Waals surface area contributed by atoms with Gasteiger partial charge in [0.15, 0.2) is 5.65 Å². The average molecular weight is 255 g/mol. The predicted octanol–water partition coefficient (Wildman–Crippen LogP) is 1.51. The van der Waals surface area contributed by atoms with Gasteiger partial charge in [0.05, 0.1) is 17.6 Å². The number of aromatic nitrogens is 3. The van der Waals surface area contributed by atoms with E-state index in [9.17, 15) is 0 Å². The molecule has 2 N–H and O–H groups in total. The molecule has 0 saturated carbocycles. The SMILES string of the molecule is CCc1nc2cnc(Br)cn2c1CN. The minimum atomic E-state index is 0.501. The van der Waals surface area contributed by atoms with Gasteiger partial charge in [-0.05, 0) is 22.4 Å². The Kier molecular flexibility index (Phi) is 2.52. The van der Waals surface area contributed by atoms with Gasteiger partial charge in [0.1, 0.15) is 4.60 Å². The molecule has 74 valence electrons. The summed E-state index contributed by atoms with van der Waals surface area (Å²) in [6, 6.07) is 0. The molecule has 0 unspecified atom stereocenters. The van der Waals surface area contributed by atoms with E-state index in [1.165, 1.54) is 0 Å². The Morgan fingerprint density at radius 3 is 3.00 bits per heavy atom. The highest BCUT2D eigenvalue weighted by molar-refractivity contribution is 9.10. The molecule has 4 nitrogen and oxygen atoms in total. The number of imidazole rings is 1. The van der Waals surface area contributed by atoms with E-state index < -0.39 is 0 Å². The second kappa shape index (κ2) is 3.67. The molecule has 0 aliphatic rings. The molecular weight excluding hydrogens is 244 g/mol. The third-order valence-corrected chi connectivity index (χ3v) is 2.60. The quantitative estimate of drug-likeness (QED) is 0.884. The molecule has 0 saturated heterocycles. The molecule has 2 aromatic rings. The van der Waals surface area contributed by atoms with Gasteiger partial charge in [0.2, 0.25) is 0 Å². The lowest BCUT2D eigenvalue weighted by molar-refractivity contribution is 0.909. The van der Waals surface area contributed by atoms with Crippen LogP contribution in [0.15, 0.2) is 17.0 Å². The molecule has 0 atom stereocenters. The molecule has 0 bridgehead atoms. The van der Waals surface area contributed by atoms with E-state index in [4.69, 9.17) is 5.73 Å². The first-order valence-corrected chi connectivity index (χ1v) is 5.27. The van der Waals surface area contributed by atoms with Crippen molar-refractivity contribution >= 4 is 21.6 Å². The minimum absolute atomic E-state index is 0.501. The van der Waals surface area contributed by atoms with Crippen molar-refractivity contribution in [1.29, 1.82) is 0 Å². The standard InChI is InChI=1S/C9H11BrN4/c1-2-6-7(3-11)14-5-8(10)12-4-9(14)13-6/h4-5H,2-3,11H2,1H3. The maximum Gasteiger partial charge on any atom is 0.155 e. The summed E-state index contributed by atoms with van der Waals surface area (Å²) >= 11 is 3.33. The van der Waals surface area contributed by atoms with Crippen LogP contribution in [0.2, 0.25) is 0 Å². The fourth-order valence-electron chi connectivity index (χ4n) is 1.53. The number of rotatable bonds is 2. The Balaban J connectivity index is 2.74. The highest BCUT2D eigenvalue weighted by Crippen LogP contribution is 2.14. The van der Waals surface area contributed by atoms with Crippen molar-refractivity contribution in [1.82, 2.24) is 14.4 Å². The zero-order valence-electron chi connectivity index (χ0n) is 7.87. The van der Waals surface area contributed by atoms with Gasteiger partial charge in [-0.2, -0.15) is 0 Å². The number of halogens is 1. The number of aryl methyl sites for hydroxylation is 1. The molecule has 2 heterocycles. The third-order valence-electron chi connectivity index (χ3n) is 2.19. The lowest BCUT2D eigenvalue weighted by atomic mass is 10.2. The molecular formula is C9H11BrN4. The van der Waals surface area contributed by atoms with Crippen LogP contribution in [0.1, 0.15) is 18.3 Å². The summed E-state index contributed by atoms with van der Waals surface area (Å²) in [7, 11) is 0. The zero-order chi connectivity index (χ0) is 10.1. The number of hydrogen-bond acceptors (Lipinski definition) is 3. The van der Waals surface area contributed by atoms with Crippen LogP contribution in [0.5, 0.6) is 0 Å². The van der Waals surface area contributed by atoms with Crippen molar-refractivity contribution in [3.8, 4) is 0 Å². The van der Waals surface area contributed by atoms with Crippen LogP contribution < -0.4 is 5.73 Å². The van der Waals surface area contributed by atoms with Crippen molar-refractivity contribution in [3.63, 3.8) is 0 Å². The molecule has 0 aliphatic carbocycles. The molecule has 14 heavy (non-hydrogen) atoms. The van der Waals surface area contributed by atoms with E-state index in [2.05, 4.69) is 32.8 Å². The highest BCUT2D eigenvalue weighted by atomic mass is 79.9. The number of hydrogen-bond donors (Lipinski definition) is 1. The fourth-order valence-corrected chi connectivity index (χ4v) is 1.83. The van der Waals surface area contributed by atoms with Gasteiger partial charge < -0.3 is 5.73 Å². The minimum Gasteiger partial charge on any atom is -0.325 e. The molecule has 2 aromatic heterocycles. The normalized spacial score (nSPS) is 11.1. The average Bonchev–Trinajstić information content (AvgIpc) is 2.54. The third kappa shape index (κ3) is 1.42. The van der Waals surface area contributed by atoms with E-state index in [1.807, 2.05) is 10.6 Å². The summed E-state index contributed by atoms with van der Waals surface area (Å²) in [6.07, 6.45) is 4.53. The molecule has 0 amide bonds. The summed E-state index contributed by atoms with van der Waals surface area (Å²) in [6.45, 7) is 2.57. The van der Waals surface area contributed by atoms with Crippen LogP contribution in [-0.2, 0) is 13.0 Å². The molecule has 0 fully saturated rings. The van der Waals surface area contributed by atoms with Crippen LogP contribution in [0.3, 0.4) is 0 Å². The lowest BCUT2D eigenvalue weighted by Gasteiger charge is -1.99. The monoisotopic (exact) mass is 254 g/mol. The molecule has 0 spiro atoms. The Labute approximate surface area is 90.3 Å². The summed E-state index contributed by atoms with van der Waals surface area (Å²) in [5, 5.41) is 0. The zero-order valence-corrected chi connectivity index (χ0v) is 9.45. The maximum absolute atomic E-state index is 5.69. The number of nitrogens with two attached hydrogens (primary N) is 1. The van der Waals surface area contributed by atoms with Gasteiger partial charge in [-0.1, -0.05) is 6.92 Å². The van der Waals surface area contributed by atoms with E-state index >= 15 is 0 Å². The Morgan fingerprint density at radius 1 is 1.57 bits per heavy atom. The Morgan fingerprint density at radius 2 is 2.36 bits per heavy atom. The largest absolute Gasteiger partial charge is 0.325 e. The van der Waals surface area contributed by atoms with E-state index in [-0.39, 0.29) is 0 Å². The molecule has 0 radical (unpaired) electrons. The van der Waals surface area contributed by atoms with E-state index in [0.717, 1.165) is 28.1 Å². The van der Waals surface area contributed by atoms with Crippen LogP contribution >= 0.6 is 15.9 Å². The maximum atomic E-state index is 5.69. The first-order chi connectivity index (χ1) is 6.76. The van der Waals surface area contributed by atoms with Gasteiger partial charge >= 0.3 is 0 Å². The van der Waals surface area contributed by atoms with Crippen LogP contribution in [0, 0.1) is 0 Å². The summed E-state index contributed by atoms with van der Waals surface area (Å²) in [4.78, 5) is 8.57. The lowest BCUT2D eigenvalue weighted by Crippen LogP contribution is -2.03. The second-order valence-electron chi connectivity index (χ2n) is 3.00. The van der Waals surface area contributed by atoms with Gasteiger partial charge in [-0.15, -0.1) is 0 Å². The second-order valence-corrected chi connectivity index (χ2v) is 3.81. The highest BCUT2D eigenvalue weighted by Gasteiger charge is 2.09. The first-order valence-electron chi connectivity index (χ1n) is 4.47. The van der Waals surface area contributed by atoms with Gasteiger partial charge in [-0.25, -0.2) is 9.97 Å². The summed E-state index contributed by atoms with van der Waals surface area (Å²) < 4.78 is 2.77. The molecule has 0 aromatic carbocycles. The van der Waals surface area contributed by atoms with Gasteiger partial charge in [0, 0.05) is 12.7 Å². The van der Waals surface area contributed by atoms with Crippen LogP contribution in [-0.4, -0.2) is 14.4 Å². The van der Waals surface area contributed by atoms with Crippen molar-refractivity contribution in [2.75, 3.05) is 0 Å². The van der Waals surface area contributed by atoms with Crippen molar-refractivity contribution in [3.05, 3.63) is 28.4 Å². The van der Waals surface area contributed by atoms with E-state index in [1.54, 1.807) is 6.20 Å². The predicted molar refractivity (Wildman–Crippen MR) is 58.0 cm³/mol. The topological polar surface area (TPSA) is 56.2 Å². The molecule has 0 aliphatic heterocycles. The number of nitrogens with zero attached hydrogens (tertiary/aromatic N) is 3. The van der Waals surface area contributed by atoms with Gasteiger partial charge in [-0.3, -0.25) is 4.40 Å². The first kappa shape index (κ1) is 9.61. The molecule has 5 heteroatoms. The Hall–Kier alpha value is -0.940. The van der Waals surface area contributed by atoms with Crippen molar-refractivity contribution in [2.24, 2.45) is 5.73 Å². The van der Waals surface area contributed by atoms with Crippen LogP contribution in [0.25, 0.3) is 5.65 Å². The van der Waals surface area contributed by atoms with Crippen LogP contribution in [0.4, 0.5) is 0 Å². The summed E-state index contributed by atoms with van der Waals surface area (Å²) in [5.74, 6) is 0. The van der Waals surface area contributed by atoms with Crippen molar-refractivity contribution < 1.29 is 0 Å². The smallest absolute Gasteiger partial charge is 0.155 e. The number of fused-ring (bicyclic) bond motifs is 1. The van der Waals surface area contributed by atoms with E-state index in [0.29, 0.717) is 6.54 Å². The fraction of sp³-hybridized carbons (Fsp3) is 0.333. The Bertz CT molecular complexity index is 463. The van der Waals surface area contributed by atoms with Gasteiger partial charge in [0.25, 0.3) is 0 Å². The summed E-state index contributed by atoms with van der Waals surface area (Å²) in [5.41, 5.74) is 8.65.